The third-order valence-corrected chi connectivity index (χ3v) is 5.54. The summed E-state index contributed by atoms with van der Waals surface area (Å²) in [6.45, 7) is 3.27. The van der Waals surface area contributed by atoms with Gasteiger partial charge in [0.15, 0.2) is 0 Å². The molecule has 1 aromatic carbocycles. The van der Waals surface area contributed by atoms with Gasteiger partial charge in [0.2, 0.25) is 11.8 Å². The van der Waals surface area contributed by atoms with Gasteiger partial charge in [-0.1, -0.05) is 31.4 Å². The Kier molecular flexibility index (Phi) is 7.31. The molecule has 1 aromatic heterocycles. The molecular weight excluding hydrogens is 430 g/mol. The lowest BCUT2D eigenvalue weighted by Crippen LogP contribution is -2.40. The van der Waals surface area contributed by atoms with Crippen LogP contribution >= 0.6 is 11.6 Å². The number of hydrogen-bond acceptors (Lipinski definition) is 5. The zero-order valence-corrected chi connectivity index (χ0v) is 19.0. The van der Waals surface area contributed by atoms with Crippen molar-refractivity contribution in [1.29, 1.82) is 5.26 Å². The molecular formula is C23H26ClN5O3. The van der Waals surface area contributed by atoms with Crippen LogP contribution in [0.1, 0.15) is 51.8 Å². The summed E-state index contributed by atoms with van der Waals surface area (Å²) in [5.74, 6) is -0.169. The molecule has 1 fully saturated rings. The minimum atomic E-state index is -0.799. The van der Waals surface area contributed by atoms with Gasteiger partial charge in [-0.25, -0.2) is 4.98 Å². The average Bonchev–Trinajstić information content (AvgIpc) is 3.50. The number of nitriles is 1. The SMILES string of the molecule is CCCCCc1nc(-c2ccc(Cl)cc2NC(C)=O)cc(=O)n1CC(=O)NC1(C#N)CC1. The molecule has 0 radical (unpaired) electrons. The molecule has 2 aromatic rings. The Bertz CT molecular complexity index is 1130. The molecule has 2 amide bonds. The van der Waals surface area contributed by atoms with E-state index in [-0.39, 0.29) is 23.9 Å². The molecule has 32 heavy (non-hydrogen) atoms. The van der Waals surface area contributed by atoms with E-state index in [0.717, 1.165) is 19.3 Å². The Balaban J connectivity index is 1.98. The molecule has 1 aliphatic carbocycles. The molecule has 3 rings (SSSR count). The maximum atomic E-state index is 13.0. The number of carbonyl (C=O) groups excluding carboxylic acids is 2. The molecule has 168 valence electrons. The van der Waals surface area contributed by atoms with Crippen molar-refractivity contribution < 1.29 is 9.59 Å². The van der Waals surface area contributed by atoms with E-state index in [1.54, 1.807) is 18.2 Å². The van der Waals surface area contributed by atoms with Gasteiger partial charge in [0.05, 0.1) is 17.5 Å². The molecule has 0 bridgehead atoms. The number of hydrogen-bond donors (Lipinski definition) is 2. The first-order chi connectivity index (χ1) is 15.3. The molecule has 0 aliphatic heterocycles. The fourth-order valence-electron chi connectivity index (χ4n) is 3.46. The molecule has 8 nitrogen and oxygen atoms in total. The third-order valence-electron chi connectivity index (χ3n) is 5.30. The zero-order chi connectivity index (χ0) is 23.3. The predicted molar refractivity (Wildman–Crippen MR) is 122 cm³/mol. The number of aryl methyl sites for hydroxylation is 1. The lowest BCUT2D eigenvalue weighted by Gasteiger charge is -2.16. The summed E-state index contributed by atoms with van der Waals surface area (Å²) in [5, 5.41) is 15.1. The fourth-order valence-corrected chi connectivity index (χ4v) is 3.63. The second kappa shape index (κ2) is 9.96. The third kappa shape index (κ3) is 5.74. The predicted octanol–water partition coefficient (Wildman–Crippen LogP) is 3.43. The highest BCUT2D eigenvalue weighted by atomic mass is 35.5. The normalized spacial score (nSPS) is 13.8. The first-order valence-corrected chi connectivity index (χ1v) is 11.1. The summed E-state index contributed by atoms with van der Waals surface area (Å²) >= 11 is 6.08. The second-order valence-corrected chi connectivity index (χ2v) is 8.49. The van der Waals surface area contributed by atoms with Gasteiger partial charge < -0.3 is 10.6 Å². The fraction of sp³-hybridized carbons (Fsp3) is 0.435. The molecule has 9 heteroatoms. The van der Waals surface area contributed by atoms with E-state index in [1.807, 2.05) is 0 Å². The second-order valence-electron chi connectivity index (χ2n) is 8.05. The van der Waals surface area contributed by atoms with Gasteiger partial charge >= 0.3 is 0 Å². The Morgan fingerprint density at radius 1 is 1.28 bits per heavy atom. The molecule has 0 unspecified atom stereocenters. The average molecular weight is 456 g/mol. The Morgan fingerprint density at radius 3 is 2.66 bits per heavy atom. The summed E-state index contributed by atoms with van der Waals surface area (Å²) in [7, 11) is 0. The van der Waals surface area contributed by atoms with Gasteiger partial charge in [0, 0.05) is 30.0 Å². The number of benzene rings is 1. The Hall–Kier alpha value is -3.18. The summed E-state index contributed by atoms with van der Waals surface area (Å²) in [5.41, 5.74) is 0.247. The summed E-state index contributed by atoms with van der Waals surface area (Å²) in [6, 6.07) is 8.43. The monoisotopic (exact) mass is 455 g/mol. The van der Waals surface area contributed by atoms with E-state index in [0.29, 0.717) is 47.1 Å². The molecule has 1 aliphatic rings. The lowest BCUT2D eigenvalue weighted by molar-refractivity contribution is -0.122. The summed E-state index contributed by atoms with van der Waals surface area (Å²) in [4.78, 5) is 41.8. The number of nitrogens with zero attached hydrogens (tertiary/aromatic N) is 3. The van der Waals surface area contributed by atoms with Crippen LogP contribution in [0, 0.1) is 11.3 Å². The first-order valence-electron chi connectivity index (χ1n) is 10.7. The summed E-state index contributed by atoms with van der Waals surface area (Å²) in [6.07, 6.45) is 4.53. The molecule has 0 saturated heterocycles. The number of anilines is 1. The van der Waals surface area contributed by atoms with Gasteiger partial charge in [0.1, 0.15) is 17.9 Å². The van der Waals surface area contributed by atoms with Gasteiger partial charge in [-0.2, -0.15) is 5.26 Å². The number of halogens is 1. The minimum Gasteiger partial charge on any atom is -0.336 e. The van der Waals surface area contributed by atoms with Crippen molar-refractivity contribution in [3.05, 3.63) is 45.5 Å². The van der Waals surface area contributed by atoms with Crippen molar-refractivity contribution in [3.63, 3.8) is 0 Å². The van der Waals surface area contributed by atoms with Crippen molar-refractivity contribution in [1.82, 2.24) is 14.9 Å². The smallest absolute Gasteiger partial charge is 0.254 e. The van der Waals surface area contributed by atoms with Crippen LogP contribution in [-0.2, 0) is 22.6 Å². The highest BCUT2D eigenvalue weighted by Gasteiger charge is 2.44. The molecule has 1 heterocycles. The molecule has 0 atom stereocenters. The Labute approximate surface area is 191 Å². The molecule has 0 spiro atoms. The minimum absolute atomic E-state index is 0.198. The number of rotatable bonds is 9. The van der Waals surface area contributed by atoms with Crippen LogP contribution in [0.2, 0.25) is 5.02 Å². The van der Waals surface area contributed by atoms with Gasteiger partial charge in [0.25, 0.3) is 5.56 Å². The molecule has 2 N–H and O–H groups in total. The number of carbonyl (C=O) groups is 2. The van der Waals surface area contributed by atoms with Crippen molar-refractivity contribution in [2.45, 2.75) is 64.5 Å². The lowest BCUT2D eigenvalue weighted by atomic mass is 10.1. The number of aromatic nitrogens is 2. The van der Waals surface area contributed by atoms with Crippen LogP contribution in [0.3, 0.4) is 0 Å². The van der Waals surface area contributed by atoms with E-state index < -0.39 is 5.54 Å². The highest BCUT2D eigenvalue weighted by molar-refractivity contribution is 6.31. The van der Waals surface area contributed by atoms with Gasteiger partial charge in [-0.3, -0.25) is 19.0 Å². The summed E-state index contributed by atoms with van der Waals surface area (Å²) < 4.78 is 1.36. The van der Waals surface area contributed by atoms with Crippen molar-refractivity contribution in [3.8, 4) is 17.3 Å². The van der Waals surface area contributed by atoms with E-state index in [2.05, 4.69) is 28.6 Å². The van der Waals surface area contributed by atoms with Crippen molar-refractivity contribution in [2.24, 2.45) is 0 Å². The van der Waals surface area contributed by atoms with E-state index >= 15 is 0 Å². The van der Waals surface area contributed by atoms with Crippen LogP contribution in [0.15, 0.2) is 29.1 Å². The topological polar surface area (TPSA) is 117 Å². The quantitative estimate of drug-likeness (QED) is 0.562. The van der Waals surface area contributed by atoms with Crippen LogP contribution in [0.5, 0.6) is 0 Å². The number of unbranched alkanes of at least 4 members (excludes halogenated alkanes) is 2. The van der Waals surface area contributed by atoms with E-state index in [9.17, 15) is 19.6 Å². The van der Waals surface area contributed by atoms with Gasteiger partial charge in [-0.15, -0.1) is 0 Å². The maximum absolute atomic E-state index is 13.0. The largest absolute Gasteiger partial charge is 0.336 e. The number of amides is 2. The van der Waals surface area contributed by atoms with Crippen LogP contribution in [0.25, 0.3) is 11.3 Å². The first kappa shape index (κ1) is 23.5. The van der Waals surface area contributed by atoms with Crippen LogP contribution in [0.4, 0.5) is 5.69 Å². The molecule has 1 saturated carbocycles. The van der Waals surface area contributed by atoms with Gasteiger partial charge in [-0.05, 0) is 37.5 Å². The van der Waals surface area contributed by atoms with E-state index in [4.69, 9.17) is 11.6 Å². The standard InChI is InChI=1S/C23H26ClN5O3/c1-3-4-5-6-20-27-19(17-8-7-16(24)11-18(17)26-15(2)30)12-22(32)29(20)13-21(31)28-23(14-25)9-10-23/h7-8,11-12H,3-6,9-10,13H2,1-2H3,(H,26,30)(H,28,31). The van der Waals surface area contributed by atoms with Crippen molar-refractivity contribution in [2.75, 3.05) is 5.32 Å². The number of nitrogens with one attached hydrogen (secondary N) is 2. The maximum Gasteiger partial charge on any atom is 0.254 e. The van der Waals surface area contributed by atoms with Crippen LogP contribution in [-0.4, -0.2) is 26.9 Å². The van der Waals surface area contributed by atoms with Crippen LogP contribution < -0.4 is 16.2 Å². The van der Waals surface area contributed by atoms with Crippen molar-refractivity contribution >= 4 is 29.1 Å². The zero-order valence-electron chi connectivity index (χ0n) is 18.2. The highest BCUT2D eigenvalue weighted by Crippen LogP contribution is 2.34. The Morgan fingerprint density at radius 2 is 2.03 bits per heavy atom. The van der Waals surface area contributed by atoms with E-state index in [1.165, 1.54) is 17.6 Å².